The highest BCUT2D eigenvalue weighted by Crippen LogP contribution is 2.20. The number of benzene rings is 1. The van der Waals surface area contributed by atoms with Crippen LogP contribution in [0.5, 0.6) is 0 Å². The van der Waals surface area contributed by atoms with E-state index in [0.29, 0.717) is 0 Å². The molecule has 1 aromatic rings. The third kappa shape index (κ3) is 12.6. The first-order valence-corrected chi connectivity index (χ1v) is 12.6. The molecule has 1 aromatic carbocycles. The maximum absolute atomic E-state index is 12.7. The van der Waals surface area contributed by atoms with Crippen LogP contribution in [0.4, 0.5) is 0 Å². The molecule has 0 spiro atoms. The molecule has 1 N–H and O–H groups in total. The molecule has 0 fully saturated rings. The second-order valence-electron chi connectivity index (χ2n) is 8.70. The number of carbonyl (C=O) groups excluding carboxylic acids is 1. The maximum Gasteiger partial charge on any atom is 0.339 e. The van der Waals surface area contributed by atoms with Gasteiger partial charge in [-0.3, -0.25) is 0 Å². The van der Waals surface area contributed by atoms with Gasteiger partial charge in [0.05, 0.1) is 11.1 Å². The molecule has 0 unspecified atom stereocenters. The van der Waals surface area contributed by atoms with Gasteiger partial charge in [0.25, 0.3) is 0 Å². The minimum Gasteiger partial charge on any atom is -0.478 e. The summed E-state index contributed by atoms with van der Waals surface area (Å²) < 4.78 is 5.82. The predicted molar refractivity (Wildman–Crippen MR) is 128 cm³/mol. The molecular weight excluding hydrogens is 388 g/mol. The van der Waals surface area contributed by atoms with Gasteiger partial charge in [0.15, 0.2) is 0 Å². The Balaban J connectivity index is 2.52. The molecule has 176 valence electrons. The molecule has 0 aliphatic rings. The summed E-state index contributed by atoms with van der Waals surface area (Å²) in [6.45, 7) is 4.45. The molecule has 4 nitrogen and oxygen atoms in total. The zero-order valence-corrected chi connectivity index (χ0v) is 19.9. The highest BCUT2D eigenvalue weighted by atomic mass is 16.5. The SMILES string of the molecule is CCCCCCCCCC(CCCCCCCCC)OC(=O)c1ccccc1C(=O)O. The zero-order valence-electron chi connectivity index (χ0n) is 19.9. The smallest absolute Gasteiger partial charge is 0.339 e. The van der Waals surface area contributed by atoms with Crippen molar-refractivity contribution in [3.63, 3.8) is 0 Å². The van der Waals surface area contributed by atoms with Crippen LogP contribution in [-0.2, 0) is 4.74 Å². The third-order valence-electron chi connectivity index (χ3n) is 5.91. The Morgan fingerprint density at radius 1 is 0.710 bits per heavy atom. The van der Waals surface area contributed by atoms with Crippen molar-refractivity contribution in [1.82, 2.24) is 0 Å². The van der Waals surface area contributed by atoms with E-state index in [9.17, 15) is 14.7 Å². The summed E-state index contributed by atoms with van der Waals surface area (Å²) in [5, 5.41) is 9.36. The third-order valence-corrected chi connectivity index (χ3v) is 5.91. The number of esters is 1. The van der Waals surface area contributed by atoms with E-state index >= 15 is 0 Å². The molecule has 0 saturated carbocycles. The van der Waals surface area contributed by atoms with E-state index in [1.165, 1.54) is 83.1 Å². The quantitative estimate of drug-likeness (QED) is 0.177. The lowest BCUT2D eigenvalue weighted by atomic mass is 10.0. The van der Waals surface area contributed by atoms with Gasteiger partial charge in [-0.2, -0.15) is 0 Å². The molecule has 0 bridgehead atoms. The van der Waals surface area contributed by atoms with Gasteiger partial charge in [0.2, 0.25) is 0 Å². The molecule has 4 heteroatoms. The number of hydrogen-bond acceptors (Lipinski definition) is 3. The van der Waals surface area contributed by atoms with Gasteiger partial charge in [0, 0.05) is 0 Å². The monoisotopic (exact) mass is 432 g/mol. The van der Waals surface area contributed by atoms with Crippen molar-refractivity contribution in [1.29, 1.82) is 0 Å². The Morgan fingerprint density at radius 2 is 1.13 bits per heavy atom. The standard InChI is InChI=1S/C27H44O4/c1-3-5-7-9-11-13-15-19-23(20-16-14-12-10-8-6-4-2)31-27(30)25-22-18-17-21-24(25)26(28)29/h17-18,21-23H,3-16,19-20H2,1-2H3,(H,28,29). The van der Waals surface area contributed by atoms with E-state index in [1.54, 1.807) is 18.2 Å². The van der Waals surface area contributed by atoms with E-state index in [1.807, 2.05) is 0 Å². The fraction of sp³-hybridized carbons (Fsp3) is 0.704. The lowest BCUT2D eigenvalue weighted by molar-refractivity contribution is 0.0244. The summed E-state index contributed by atoms with van der Waals surface area (Å²) in [4.78, 5) is 24.2. The number of ether oxygens (including phenoxy) is 1. The molecule has 1 rings (SSSR count). The first kappa shape index (κ1) is 27.2. The van der Waals surface area contributed by atoms with E-state index in [4.69, 9.17) is 4.74 Å². The molecule has 31 heavy (non-hydrogen) atoms. The number of rotatable bonds is 19. The van der Waals surface area contributed by atoms with Crippen LogP contribution in [0.3, 0.4) is 0 Å². The molecule has 0 radical (unpaired) electrons. The maximum atomic E-state index is 12.7. The largest absolute Gasteiger partial charge is 0.478 e. The molecule has 0 aliphatic carbocycles. The van der Waals surface area contributed by atoms with Crippen molar-refractivity contribution < 1.29 is 19.4 Å². The van der Waals surface area contributed by atoms with E-state index in [0.717, 1.165) is 25.7 Å². The van der Waals surface area contributed by atoms with Crippen molar-refractivity contribution >= 4 is 11.9 Å². The van der Waals surface area contributed by atoms with Crippen molar-refractivity contribution in [2.45, 2.75) is 123 Å². The van der Waals surface area contributed by atoms with Gasteiger partial charge >= 0.3 is 11.9 Å². The van der Waals surface area contributed by atoms with Gasteiger partial charge in [-0.1, -0.05) is 103 Å². The highest BCUT2D eigenvalue weighted by molar-refractivity contribution is 6.02. The average molecular weight is 433 g/mol. The Bertz CT molecular complexity index is 593. The summed E-state index contributed by atoms with van der Waals surface area (Å²) in [6, 6.07) is 6.32. The molecular formula is C27H44O4. The van der Waals surface area contributed by atoms with Crippen molar-refractivity contribution in [3.05, 3.63) is 35.4 Å². The molecule has 0 aromatic heterocycles. The van der Waals surface area contributed by atoms with E-state index < -0.39 is 11.9 Å². The number of carboxylic acids is 1. The van der Waals surface area contributed by atoms with Crippen LogP contribution < -0.4 is 0 Å². The van der Waals surface area contributed by atoms with Crippen LogP contribution in [0.1, 0.15) is 137 Å². The first-order valence-electron chi connectivity index (χ1n) is 12.6. The summed E-state index contributed by atoms with van der Waals surface area (Å²) in [7, 11) is 0. The van der Waals surface area contributed by atoms with Crippen LogP contribution in [0, 0.1) is 0 Å². The predicted octanol–water partition coefficient (Wildman–Crippen LogP) is 8.19. The topological polar surface area (TPSA) is 63.6 Å². The van der Waals surface area contributed by atoms with Crippen LogP contribution in [0.15, 0.2) is 24.3 Å². The number of unbranched alkanes of at least 4 members (excludes halogenated alkanes) is 12. The molecule has 0 aliphatic heterocycles. The number of carboxylic acid groups (broad SMARTS) is 1. The Hall–Kier alpha value is -1.84. The highest BCUT2D eigenvalue weighted by Gasteiger charge is 2.20. The molecule has 0 atom stereocenters. The summed E-state index contributed by atoms with van der Waals surface area (Å²) in [6.07, 6.45) is 18.8. The van der Waals surface area contributed by atoms with E-state index in [-0.39, 0.29) is 17.2 Å². The molecule has 0 saturated heterocycles. The van der Waals surface area contributed by atoms with Gasteiger partial charge in [-0.15, -0.1) is 0 Å². The Morgan fingerprint density at radius 3 is 1.58 bits per heavy atom. The van der Waals surface area contributed by atoms with Crippen molar-refractivity contribution in [3.8, 4) is 0 Å². The summed E-state index contributed by atoms with van der Waals surface area (Å²) >= 11 is 0. The normalized spacial score (nSPS) is 11.1. The minimum atomic E-state index is -1.09. The molecule has 0 amide bonds. The van der Waals surface area contributed by atoms with Gasteiger partial charge in [-0.25, -0.2) is 9.59 Å². The Kier molecular flexibility index (Phi) is 15.6. The van der Waals surface area contributed by atoms with Gasteiger partial charge in [-0.05, 0) is 37.8 Å². The number of carbonyl (C=O) groups is 2. The van der Waals surface area contributed by atoms with Crippen molar-refractivity contribution in [2.24, 2.45) is 0 Å². The summed E-state index contributed by atoms with van der Waals surface area (Å²) in [5.74, 6) is -1.60. The first-order chi connectivity index (χ1) is 15.1. The number of hydrogen-bond donors (Lipinski definition) is 1. The van der Waals surface area contributed by atoms with Crippen molar-refractivity contribution in [2.75, 3.05) is 0 Å². The second kappa shape index (κ2) is 17.8. The van der Waals surface area contributed by atoms with E-state index in [2.05, 4.69) is 13.8 Å². The second-order valence-corrected chi connectivity index (χ2v) is 8.70. The minimum absolute atomic E-state index is 0.0121. The average Bonchev–Trinajstić information content (AvgIpc) is 2.77. The Labute approximate surface area is 189 Å². The van der Waals surface area contributed by atoms with Crippen LogP contribution in [0.25, 0.3) is 0 Å². The fourth-order valence-electron chi connectivity index (χ4n) is 3.98. The fourth-order valence-corrected chi connectivity index (χ4v) is 3.98. The lowest BCUT2D eigenvalue weighted by Crippen LogP contribution is -2.20. The van der Waals surface area contributed by atoms with Crippen LogP contribution >= 0.6 is 0 Å². The van der Waals surface area contributed by atoms with Gasteiger partial charge in [0.1, 0.15) is 6.10 Å². The zero-order chi connectivity index (χ0) is 22.7. The lowest BCUT2D eigenvalue weighted by Gasteiger charge is -2.19. The number of aromatic carboxylic acids is 1. The van der Waals surface area contributed by atoms with Crippen LogP contribution in [0.2, 0.25) is 0 Å². The van der Waals surface area contributed by atoms with Crippen LogP contribution in [-0.4, -0.2) is 23.1 Å². The molecule has 0 heterocycles. The summed E-state index contributed by atoms with van der Waals surface area (Å²) in [5.41, 5.74) is 0.164. The van der Waals surface area contributed by atoms with Gasteiger partial charge < -0.3 is 9.84 Å².